The second-order valence-electron chi connectivity index (χ2n) is 3.34. The quantitative estimate of drug-likeness (QED) is 0.756. The van der Waals surface area contributed by atoms with Crippen molar-refractivity contribution in [2.75, 3.05) is 11.6 Å². The lowest BCUT2D eigenvalue weighted by molar-refractivity contribution is -0.137. The minimum Gasteiger partial charge on any atom is -0.481 e. The van der Waals surface area contributed by atoms with Crippen LogP contribution in [-0.4, -0.2) is 23.4 Å². The summed E-state index contributed by atoms with van der Waals surface area (Å²) in [6, 6.07) is 7.83. The van der Waals surface area contributed by atoms with Crippen LogP contribution in [0.1, 0.15) is 13.3 Å². The summed E-state index contributed by atoms with van der Waals surface area (Å²) in [5, 5.41) is 11.8. The van der Waals surface area contributed by atoms with E-state index in [0.29, 0.717) is 0 Å². The number of hydrogen-bond donors (Lipinski definition) is 2. The maximum atomic E-state index is 10.5. The normalized spacial score (nSPS) is 12.1. The Labute approximate surface area is 93.9 Å². The third-order valence-electron chi connectivity index (χ3n) is 1.99. The van der Waals surface area contributed by atoms with Gasteiger partial charge >= 0.3 is 5.97 Å². The Morgan fingerprint density at radius 2 is 2.20 bits per heavy atom. The molecule has 0 aliphatic carbocycles. The molecule has 1 rings (SSSR count). The van der Waals surface area contributed by atoms with E-state index in [2.05, 4.69) is 5.32 Å². The van der Waals surface area contributed by atoms with Gasteiger partial charge in [0, 0.05) is 16.6 Å². The summed E-state index contributed by atoms with van der Waals surface area (Å²) in [7, 11) is 0. The van der Waals surface area contributed by atoms with Crippen molar-refractivity contribution in [3.63, 3.8) is 0 Å². The van der Waals surface area contributed by atoms with Crippen molar-refractivity contribution in [2.24, 2.45) is 0 Å². The van der Waals surface area contributed by atoms with E-state index in [1.54, 1.807) is 11.8 Å². The first-order valence-corrected chi connectivity index (χ1v) is 5.97. The van der Waals surface area contributed by atoms with Crippen molar-refractivity contribution in [1.29, 1.82) is 0 Å². The number of nitrogens with one attached hydrogen (secondary N) is 1. The highest BCUT2D eigenvalue weighted by atomic mass is 32.2. The van der Waals surface area contributed by atoms with Crippen molar-refractivity contribution in [3.05, 3.63) is 24.3 Å². The molecule has 0 amide bonds. The molecule has 1 atom stereocenters. The second-order valence-corrected chi connectivity index (χ2v) is 4.19. The maximum absolute atomic E-state index is 10.5. The van der Waals surface area contributed by atoms with Gasteiger partial charge in [-0.1, -0.05) is 12.1 Å². The molecule has 0 saturated heterocycles. The summed E-state index contributed by atoms with van der Waals surface area (Å²) in [5.74, 6) is -0.781. The number of carboxylic acids is 1. The molecule has 0 spiro atoms. The van der Waals surface area contributed by atoms with Crippen LogP contribution in [0.25, 0.3) is 0 Å². The van der Waals surface area contributed by atoms with Crippen LogP contribution in [-0.2, 0) is 4.79 Å². The van der Waals surface area contributed by atoms with Crippen LogP contribution in [0.2, 0.25) is 0 Å². The minimum atomic E-state index is -0.781. The zero-order chi connectivity index (χ0) is 11.3. The van der Waals surface area contributed by atoms with Gasteiger partial charge in [-0.2, -0.15) is 0 Å². The van der Waals surface area contributed by atoms with Crippen LogP contribution < -0.4 is 5.32 Å². The van der Waals surface area contributed by atoms with Gasteiger partial charge in [0.15, 0.2) is 0 Å². The number of para-hydroxylation sites is 1. The molecule has 0 bridgehead atoms. The lowest BCUT2D eigenvalue weighted by Crippen LogP contribution is -2.19. The van der Waals surface area contributed by atoms with E-state index in [1.807, 2.05) is 37.4 Å². The van der Waals surface area contributed by atoms with Gasteiger partial charge in [-0.3, -0.25) is 4.79 Å². The van der Waals surface area contributed by atoms with E-state index < -0.39 is 5.97 Å². The van der Waals surface area contributed by atoms with Crippen molar-refractivity contribution >= 4 is 23.4 Å². The topological polar surface area (TPSA) is 49.3 Å². The van der Waals surface area contributed by atoms with Crippen LogP contribution in [0.15, 0.2) is 29.2 Å². The minimum absolute atomic E-state index is 0.0594. The molecule has 2 N–H and O–H groups in total. The molecule has 0 heterocycles. The number of thioether (sulfide) groups is 1. The SMILES string of the molecule is CSc1ccccc1NC(C)CC(=O)O. The third kappa shape index (κ3) is 3.83. The number of benzene rings is 1. The van der Waals surface area contributed by atoms with Crippen LogP contribution in [0.4, 0.5) is 5.69 Å². The molecule has 0 aliphatic rings. The fourth-order valence-corrected chi connectivity index (χ4v) is 1.90. The Morgan fingerprint density at radius 3 is 2.80 bits per heavy atom. The van der Waals surface area contributed by atoms with Crippen LogP contribution in [0.3, 0.4) is 0 Å². The first-order chi connectivity index (χ1) is 7.13. The summed E-state index contributed by atoms with van der Waals surface area (Å²) in [6.07, 6.45) is 2.13. The smallest absolute Gasteiger partial charge is 0.305 e. The summed E-state index contributed by atoms with van der Waals surface area (Å²) < 4.78 is 0. The van der Waals surface area contributed by atoms with Gasteiger partial charge in [0.25, 0.3) is 0 Å². The van der Waals surface area contributed by atoms with Crippen molar-refractivity contribution in [1.82, 2.24) is 0 Å². The standard InChI is InChI=1S/C11H15NO2S/c1-8(7-11(13)14)12-9-5-3-4-6-10(9)15-2/h3-6,8,12H,7H2,1-2H3,(H,13,14). The molecule has 1 aromatic rings. The molecule has 1 aromatic carbocycles. The molecule has 0 aliphatic heterocycles. The molecule has 4 heteroatoms. The van der Waals surface area contributed by atoms with E-state index in [1.165, 1.54) is 0 Å². The Kier molecular flexibility index (Phi) is 4.49. The molecule has 0 fully saturated rings. The summed E-state index contributed by atoms with van der Waals surface area (Å²) in [4.78, 5) is 11.6. The molecule has 82 valence electrons. The number of carbonyl (C=O) groups is 1. The molecule has 3 nitrogen and oxygen atoms in total. The van der Waals surface area contributed by atoms with E-state index in [-0.39, 0.29) is 12.5 Å². The van der Waals surface area contributed by atoms with Gasteiger partial charge in [-0.25, -0.2) is 0 Å². The molecular formula is C11H15NO2S. The number of rotatable bonds is 5. The van der Waals surface area contributed by atoms with E-state index in [0.717, 1.165) is 10.6 Å². The first kappa shape index (κ1) is 11.9. The maximum Gasteiger partial charge on any atom is 0.305 e. The van der Waals surface area contributed by atoms with Crippen LogP contribution >= 0.6 is 11.8 Å². The Balaban J connectivity index is 2.67. The zero-order valence-corrected chi connectivity index (χ0v) is 9.67. The molecule has 0 radical (unpaired) electrons. The third-order valence-corrected chi connectivity index (χ3v) is 2.79. The van der Waals surface area contributed by atoms with Crippen LogP contribution in [0, 0.1) is 0 Å². The van der Waals surface area contributed by atoms with Gasteiger partial charge < -0.3 is 10.4 Å². The fraction of sp³-hybridized carbons (Fsp3) is 0.364. The Hall–Kier alpha value is -1.16. The Bertz CT molecular complexity index is 341. The van der Waals surface area contributed by atoms with Gasteiger partial charge in [-0.05, 0) is 25.3 Å². The first-order valence-electron chi connectivity index (χ1n) is 4.75. The largest absolute Gasteiger partial charge is 0.481 e. The fourth-order valence-electron chi connectivity index (χ4n) is 1.34. The lowest BCUT2D eigenvalue weighted by Gasteiger charge is -2.15. The number of anilines is 1. The molecule has 0 saturated carbocycles. The number of aliphatic carboxylic acids is 1. The highest BCUT2D eigenvalue weighted by Crippen LogP contribution is 2.25. The molecule has 15 heavy (non-hydrogen) atoms. The second kappa shape index (κ2) is 5.66. The molecular weight excluding hydrogens is 210 g/mol. The highest BCUT2D eigenvalue weighted by molar-refractivity contribution is 7.98. The van der Waals surface area contributed by atoms with E-state index >= 15 is 0 Å². The predicted octanol–water partition coefficient (Wildman–Crippen LogP) is 2.68. The van der Waals surface area contributed by atoms with Crippen molar-refractivity contribution in [2.45, 2.75) is 24.3 Å². The van der Waals surface area contributed by atoms with Gasteiger partial charge in [0.1, 0.15) is 0 Å². The monoisotopic (exact) mass is 225 g/mol. The summed E-state index contributed by atoms with van der Waals surface area (Å²) in [6.45, 7) is 1.87. The van der Waals surface area contributed by atoms with Crippen molar-refractivity contribution < 1.29 is 9.90 Å². The van der Waals surface area contributed by atoms with Gasteiger partial charge in [0.2, 0.25) is 0 Å². The molecule has 0 aromatic heterocycles. The van der Waals surface area contributed by atoms with Crippen LogP contribution in [0.5, 0.6) is 0 Å². The van der Waals surface area contributed by atoms with E-state index in [4.69, 9.17) is 5.11 Å². The summed E-state index contributed by atoms with van der Waals surface area (Å²) >= 11 is 1.65. The van der Waals surface area contributed by atoms with E-state index in [9.17, 15) is 4.79 Å². The summed E-state index contributed by atoms with van der Waals surface area (Å²) in [5.41, 5.74) is 0.999. The van der Waals surface area contributed by atoms with Crippen molar-refractivity contribution in [3.8, 4) is 0 Å². The Morgan fingerprint density at radius 1 is 1.53 bits per heavy atom. The number of hydrogen-bond acceptors (Lipinski definition) is 3. The zero-order valence-electron chi connectivity index (χ0n) is 8.86. The average Bonchev–Trinajstić information content (AvgIpc) is 2.17. The lowest BCUT2D eigenvalue weighted by atomic mass is 10.2. The van der Waals surface area contributed by atoms with Gasteiger partial charge in [0.05, 0.1) is 6.42 Å². The predicted molar refractivity (Wildman–Crippen MR) is 63.6 cm³/mol. The molecule has 1 unspecified atom stereocenters. The van der Waals surface area contributed by atoms with Gasteiger partial charge in [-0.15, -0.1) is 11.8 Å². The average molecular weight is 225 g/mol. The highest BCUT2D eigenvalue weighted by Gasteiger charge is 2.08. The number of carboxylic acid groups (broad SMARTS) is 1.